The number of nitrogens with zero attached hydrogens (tertiary/aromatic N) is 3. The quantitative estimate of drug-likeness (QED) is 0.724. The van der Waals surface area contributed by atoms with E-state index < -0.39 is 0 Å². The van der Waals surface area contributed by atoms with E-state index in [1.807, 2.05) is 11.3 Å². The number of aliphatic hydroxyl groups is 1. The molecule has 29 heavy (non-hydrogen) atoms. The Hall–Kier alpha value is -1.51. The molecule has 2 bridgehead atoms. The first-order valence-corrected chi connectivity index (χ1v) is 11.7. The summed E-state index contributed by atoms with van der Waals surface area (Å²) in [5.74, 6) is 1.25. The van der Waals surface area contributed by atoms with Crippen LogP contribution in [0.2, 0.25) is 0 Å². The fourth-order valence-electron chi connectivity index (χ4n) is 5.90. The minimum Gasteiger partial charge on any atom is -0.483 e. The highest BCUT2D eigenvalue weighted by Gasteiger charge is 2.49. The summed E-state index contributed by atoms with van der Waals surface area (Å²) in [5.41, 5.74) is 1.35. The molecule has 5 rings (SSSR count). The molecular weight excluding hydrogens is 390 g/mol. The molecule has 160 valence electrons. The minimum atomic E-state index is -0.250. The molecule has 0 radical (unpaired) electrons. The predicted octanol–water partition coefficient (Wildman–Crippen LogP) is 1.92. The summed E-state index contributed by atoms with van der Waals surface area (Å²) in [6.45, 7) is 2.87. The van der Waals surface area contributed by atoms with Gasteiger partial charge in [0.05, 0.1) is 24.9 Å². The lowest BCUT2D eigenvalue weighted by molar-refractivity contribution is -0.155. The number of carboxylic acid groups (broad SMARTS) is 1. The number of fused-ring (bicyclic) bond motifs is 5. The van der Waals surface area contributed by atoms with Crippen molar-refractivity contribution in [3.8, 4) is 0 Å². The molecule has 2 N–H and O–H groups in total. The fourth-order valence-corrected chi connectivity index (χ4v) is 7.10. The van der Waals surface area contributed by atoms with Gasteiger partial charge in [0.25, 0.3) is 6.47 Å². The van der Waals surface area contributed by atoms with E-state index in [1.165, 1.54) is 41.3 Å². The number of aryl methyl sites for hydroxylation is 2. The number of hydrogen-bond acceptors (Lipinski definition) is 6. The maximum Gasteiger partial charge on any atom is 0.290 e. The smallest absolute Gasteiger partial charge is 0.290 e. The zero-order valence-electron chi connectivity index (χ0n) is 16.8. The molecular formula is C21H31N3O4S. The molecule has 4 heterocycles. The standard InChI is InChI=1S/C20H29N3O2S.CH2O2/c24-12-17-14-8-13(16-5-3-7-20(25)23(16)17)9-22(10-14)11-19-21-15-4-1-2-6-18(15)26-19;2-1-3/h13-14,16-17,24H,1-12H2;1H,(H,2,3)/t13-,14+,16+,17+;/m1./s1. The second kappa shape index (κ2) is 9.10. The van der Waals surface area contributed by atoms with Gasteiger partial charge >= 0.3 is 0 Å². The molecule has 3 fully saturated rings. The zero-order chi connectivity index (χ0) is 20.4. The number of likely N-dealkylation sites (tertiary alicyclic amines) is 1. The number of rotatable bonds is 3. The summed E-state index contributed by atoms with van der Waals surface area (Å²) in [6, 6.07) is 0.369. The Morgan fingerprint density at radius 2 is 1.90 bits per heavy atom. The molecule has 0 aromatic carbocycles. The number of carbonyl (C=O) groups is 2. The van der Waals surface area contributed by atoms with Crippen molar-refractivity contribution in [1.29, 1.82) is 0 Å². The van der Waals surface area contributed by atoms with Gasteiger partial charge in [0.1, 0.15) is 5.01 Å². The fraction of sp³-hybridized carbons (Fsp3) is 0.762. The lowest BCUT2D eigenvalue weighted by atomic mass is 9.72. The number of hydrogen-bond donors (Lipinski definition) is 2. The summed E-state index contributed by atoms with van der Waals surface area (Å²) >= 11 is 1.92. The highest BCUT2D eigenvalue weighted by atomic mass is 32.1. The van der Waals surface area contributed by atoms with Crippen LogP contribution in [0.15, 0.2) is 0 Å². The average molecular weight is 422 g/mol. The lowest BCUT2D eigenvalue weighted by Crippen LogP contribution is -2.65. The Balaban J connectivity index is 0.000000645. The largest absolute Gasteiger partial charge is 0.483 e. The van der Waals surface area contributed by atoms with Gasteiger partial charge < -0.3 is 15.1 Å². The second-order valence-electron chi connectivity index (χ2n) is 8.75. The van der Waals surface area contributed by atoms with Crippen molar-refractivity contribution in [3.63, 3.8) is 0 Å². The van der Waals surface area contributed by atoms with Crippen molar-refractivity contribution < 1.29 is 19.8 Å². The second-order valence-corrected chi connectivity index (χ2v) is 9.92. The van der Waals surface area contributed by atoms with Gasteiger partial charge in [0, 0.05) is 30.4 Å². The molecule has 1 aromatic heterocycles. The molecule has 1 aliphatic carbocycles. The first-order chi connectivity index (χ1) is 14.1. The molecule has 4 atom stereocenters. The molecule has 1 amide bonds. The third-order valence-corrected chi connectivity index (χ3v) is 8.15. The monoisotopic (exact) mass is 421 g/mol. The number of aliphatic hydroxyl groups excluding tert-OH is 1. The highest BCUT2D eigenvalue weighted by molar-refractivity contribution is 7.11. The van der Waals surface area contributed by atoms with Gasteiger partial charge in [-0.25, -0.2) is 4.98 Å². The predicted molar refractivity (Wildman–Crippen MR) is 110 cm³/mol. The SMILES string of the molecule is O=C1CCC[C@H]2[C@@H]3C[C@@H](CN(Cc4nc5c(s4)CCCC5)C3)[C@H](CO)N12.O=CO. The first-order valence-electron chi connectivity index (χ1n) is 10.8. The van der Waals surface area contributed by atoms with Crippen LogP contribution >= 0.6 is 11.3 Å². The van der Waals surface area contributed by atoms with E-state index in [-0.39, 0.29) is 25.0 Å². The van der Waals surface area contributed by atoms with Crippen LogP contribution in [-0.2, 0) is 29.0 Å². The number of aromatic nitrogens is 1. The maximum absolute atomic E-state index is 12.5. The number of thiazole rings is 1. The van der Waals surface area contributed by atoms with Crippen molar-refractivity contribution in [2.75, 3.05) is 19.7 Å². The van der Waals surface area contributed by atoms with Crippen molar-refractivity contribution in [2.45, 2.75) is 70.0 Å². The summed E-state index contributed by atoms with van der Waals surface area (Å²) in [5, 5.41) is 18.2. The van der Waals surface area contributed by atoms with Gasteiger partial charge in [0.2, 0.25) is 5.91 Å². The van der Waals surface area contributed by atoms with Gasteiger partial charge in [-0.3, -0.25) is 14.5 Å². The number of amides is 1. The number of carbonyl (C=O) groups excluding carboxylic acids is 1. The Bertz CT molecular complexity index is 702. The lowest BCUT2D eigenvalue weighted by Gasteiger charge is -2.56. The van der Waals surface area contributed by atoms with Crippen LogP contribution in [0.3, 0.4) is 0 Å². The summed E-state index contributed by atoms with van der Waals surface area (Å²) in [7, 11) is 0. The molecule has 8 heteroatoms. The summed E-state index contributed by atoms with van der Waals surface area (Å²) in [6.07, 6.45) is 8.93. The molecule has 3 saturated heterocycles. The third kappa shape index (κ3) is 4.20. The van der Waals surface area contributed by atoms with Crippen LogP contribution in [-0.4, -0.2) is 69.2 Å². The molecule has 4 aliphatic rings. The van der Waals surface area contributed by atoms with E-state index in [0.29, 0.717) is 24.3 Å². The van der Waals surface area contributed by atoms with Crippen molar-refractivity contribution >= 4 is 23.7 Å². The van der Waals surface area contributed by atoms with Crippen LogP contribution in [0.1, 0.15) is 54.1 Å². The third-order valence-electron chi connectivity index (χ3n) is 7.01. The van der Waals surface area contributed by atoms with E-state index in [4.69, 9.17) is 14.9 Å². The van der Waals surface area contributed by atoms with E-state index in [0.717, 1.165) is 38.9 Å². The molecule has 7 nitrogen and oxygen atoms in total. The van der Waals surface area contributed by atoms with E-state index >= 15 is 0 Å². The molecule has 3 aliphatic heterocycles. The van der Waals surface area contributed by atoms with Crippen LogP contribution in [0.25, 0.3) is 0 Å². The summed E-state index contributed by atoms with van der Waals surface area (Å²) in [4.78, 5) is 32.0. The van der Waals surface area contributed by atoms with Gasteiger partial charge in [-0.2, -0.15) is 0 Å². The van der Waals surface area contributed by atoms with Gasteiger partial charge in [-0.1, -0.05) is 0 Å². The molecule has 0 unspecified atom stereocenters. The van der Waals surface area contributed by atoms with Gasteiger partial charge in [-0.15, -0.1) is 11.3 Å². The summed E-state index contributed by atoms with van der Waals surface area (Å²) < 4.78 is 0. The average Bonchev–Trinajstić information content (AvgIpc) is 3.12. The van der Waals surface area contributed by atoms with E-state index in [9.17, 15) is 9.90 Å². The van der Waals surface area contributed by atoms with Crippen LogP contribution in [0.5, 0.6) is 0 Å². The normalized spacial score (nSPS) is 31.3. The van der Waals surface area contributed by atoms with Crippen molar-refractivity contribution in [2.24, 2.45) is 11.8 Å². The van der Waals surface area contributed by atoms with Gasteiger partial charge in [0.15, 0.2) is 0 Å². The molecule has 0 saturated carbocycles. The van der Waals surface area contributed by atoms with Crippen LogP contribution in [0.4, 0.5) is 0 Å². The topological polar surface area (TPSA) is 94.0 Å². The molecule has 0 spiro atoms. The Morgan fingerprint density at radius 1 is 1.14 bits per heavy atom. The minimum absolute atomic E-state index is 0.0244. The number of piperidine rings is 3. The first kappa shape index (κ1) is 20.8. The maximum atomic E-state index is 12.5. The highest BCUT2D eigenvalue weighted by Crippen LogP contribution is 2.42. The zero-order valence-corrected chi connectivity index (χ0v) is 17.6. The Morgan fingerprint density at radius 3 is 2.66 bits per heavy atom. The molecule has 1 aromatic rings. The van der Waals surface area contributed by atoms with E-state index in [2.05, 4.69) is 9.80 Å². The van der Waals surface area contributed by atoms with Crippen LogP contribution < -0.4 is 0 Å². The van der Waals surface area contributed by atoms with Crippen LogP contribution in [0, 0.1) is 11.8 Å². The van der Waals surface area contributed by atoms with Crippen molar-refractivity contribution in [1.82, 2.24) is 14.8 Å². The van der Waals surface area contributed by atoms with Crippen molar-refractivity contribution in [3.05, 3.63) is 15.6 Å². The Kier molecular flexibility index (Phi) is 6.51. The van der Waals surface area contributed by atoms with E-state index in [1.54, 1.807) is 0 Å². The Labute approximate surface area is 175 Å². The van der Waals surface area contributed by atoms with Gasteiger partial charge in [-0.05, 0) is 56.8 Å².